The number of nitro groups is 1. The summed E-state index contributed by atoms with van der Waals surface area (Å²) in [6.45, 7) is 3.15. The maximum Gasteiger partial charge on any atom is 0.311 e. The molecule has 8 heteroatoms. The van der Waals surface area contributed by atoms with Gasteiger partial charge in [-0.1, -0.05) is 12.1 Å². The molecule has 1 aliphatic rings. The second-order valence-electron chi connectivity index (χ2n) is 5.58. The van der Waals surface area contributed by atoms with Crippen LogP contribution in [-0.2, 0) is 19.5 Å². The highest BCUT2D eigenvalue weighted by molar-refractivity contribution is 5.50. The summed E-state index contributed by atoms with van der Waals surface area (Å²) in [7, 11) is 0. The van der Waals surface area contributed by atoms with E-state index < -0.39 is 4.92 Å². The highest BCUT2D eigenvalue weighted by Crippen LogP contribution is 2.30. The predicted octanol–water partition coefficient (Wildman–Crippen LogP) is 1.25. The molecule has 1 aromatic heterocycles. The summed E-state index contributed by atoms with van der Waals surface area (Å²) in [5.74, 6) is 0.276. The van der Waals surface area contributed by atoms with Gasteiger partial charge in [-0.2, -0.15) is 0 Å². The Morgan fingerprint density at radius 2 is 2.26 bits per heavy atom. The molecule has 0 amide bonds. The number of hydrogen-bond donors (Lipinski definition) is 2. The van der Waals surface area contributed by atoms with Gasteiger partial charge in [0.05, 0.1) is 16.2 Å². The lowest BCUT2D eigenvalue weighted by Crippen LogP contribution is -2.35. The first-order valence-corrected chi connectivity index (χ1v) is 7.22. The van der Waals surface area contributed by atoms with Crippen LogP contribution in [0.5, 0.6) is 5.75 Å². The van der Waals surface area contributed by atoms with Crippen LogP contribution < -0.4 is 5.56 Å². The summed E-state index contributed by atoms with van der Waals surface area (Å²) < 4.78 is 0. The number of nitro benzene ring substituents is 1. The first-order valence-electron chi connectivity index (χ1n) is 7.22. The molecule has 0 bridgehead atoms. The molecule has 0 unspecified atom stereocenters. The third-order valence-electron chi connectivity index (χ3n) is 3.96. The van der Waals surface area contributed by atoms with Gasteiger partial charge in [0.15, 0.2) is 5.75 Å². The number of rotatable bonds is 3. The molecule has 0 spiro atoms. The number of nitrogens with zero attached hydrogens (tertiary/aromatic N) is 3. The fraction of sp³-hybridized carbons (Fsp3) is 0.333. The molecule has 2 N–H and O–H groups in total. The summed E-state index contributed by atoms with van der Waals surface area (Å²) in [5.41, 5.74) is 1.42. The molecule has 0 saturated carbocycles. The van der Waals surface area contributed by atoms with Gasteiger partial charge in [0, 0.05) is 37.7 Å². The van der Waals surface area contributed by atoms with E-state index in [1.807, 2.05) is 4.90 Å². The van der Waals surface area contributed by atoms with Crippen molar-refractivity contribution in [2.24, 2.45) is 0 Å². The number of nitrogens with one attached hydrogen (secondary N) is 1. The number of para-hydroxylation sites is 1. The lowest BCUT2D eigenvalue weighted by molar-refractivity contribution is -0.385. The van der Waals surface area contributed by atoms with Crippen LogP contribution in [0.1, 0.15) is 22.6 Å². The van der Waals surface area contributed by atoms with Crippen molar-refractivity contribution in [1.82, 2.24) is 14.9 Å². The average Bonchev–Trinajstić information content (AvgIpc) is 2.49. The lowest BCUT2D eigenvalue weighted by Gasteiger charge is -2.27. The van der Waals surface area contributed by atoms with E-state index in [-0.39, 0.29) is 17.0 Å². The minimum absolute atomic E-state index is 0.152. The Labute approximate surface area is 131 Å². The van der Waals surface area contributed by atoms with Crippen LogP contribution in [0.25, 0.3) is 0 Å². The molecule has 0 aliphatic carbocycles. The maximum absolute atomic E-state index is 12.0. The van der Waals surface area contributed by atoms with Crippen molar-refractivity contribution >= 4 is 5.69 Å². The lowest BCUT2D eigenvalue weighted by atomic mass is 10.1. The second kappa shape index (κ2) is 5.81. The van der Waals surface area contributed by atoms with Gasteiger partial charge in [-0.25, -0.2) is 4.98 Å². The van der Waals surface area contributed by atoms with Crippen molar-refractivity contribution in [1.29, 1.82) is 0 Å². The molecule has 0 saturated heterocycles. The Kier molecular flexibility index (Phi) is 3.83. The van der Waals surface area contributed by atoms with Crippen molar-refractivity contribution in [3.63, 3.8) is 0 Å². The van der Waals surface area contributed by atoms with Crippen LogP contribution in [0, 0.1) is 17.0 Å². The SMILES string of the molecule is Cc1nc2c(c(=O)[nH]1)CN(Cc1cccc([N+](=O)[O-])c1O)CC2. The minimum Gasteiger partial charge on any atom is -0.502 e. The minimum atomic E-state index is -0.609. The van der Waals surface area contributed by atoms with E-state index >= 15 is 0 Å². The van der Waals surface area contributed by atoms with Crippen molar-refractivity contribution in [3.8, 4) is 5.75 Å². The number of aromatic hydroxyl groups is 1. The van der Waals surface area contributed by atoms with E-state index in [1.165, 1.54) is 6.07 Å². The van der Waals surface area contributed by atoms with Crippen LogP contribution in [0.15, 0.2) is 23.0 Å². The first-order chi connectivity index (χ1) is 11.0. The molecular formula is C15H16N4O4. The molecule has 23 heavy (non-hydrogen) atoms. The predicted molar refractivity (Wildman–Crippen MR) is 82.2 cm³/mol. The molecule has 0 atom stereocenters. The van der Waals surface area contributed by atoms with Gasteiger partial charge in [-0.05, 0) is 6.92 Å². The Bertz CT molecular complexity index is 831. The number of phenolic OH excluding ortho intramolecular Hbond substituents is 1. The van der Waals surface area contributed by atoms with E-state index in [0.29, 0.717) is 43.0 Å². The number of phenols is 1. The monoisotopic (exact) mass is 316 g/mol. The van der Waals surface area contributed by atoms with Crippen molar-refractivity contribution in [3.05, 3.63) is 61.3 Å². The number of aromatic nitrogens is 2. The van der Waals surface area contributed by atoms with Gasteiger partial charge in [0.2, 0.25) is 0 Å². The average molecular weight is 316 g/mol. The number of hydrogen-bond acceptors (Lipinski definition) is 6. The molecule has 120 valence electrons. The Morgan fingerprint density at radius 3 is 3.00 bits per heavy atom. The molecule has 8 nitrogen and oxygen atoms in total. The van der Waals surface area contributed by atoms with Crippen molar-refractivity contribution in [2.45, 2.75) is 26.4 Å². The zero-order valence-corrected chi connectivity index (χ0v) is 12.6. The molecule has 2 aromatic rings. The maximum atomic E-state index is 12.0. The van der Waals surface area contributed by atoms with Crippen LogP contribution >= 0.6 is 0 Å². The third-order valence-corrected chi connectivity index (χ3v) is 3.96. The van der Waals surface area contributed by atoms with Gasteiger partial charge in [-0.3, -0.25) is 19.8 Å². The first kappa shape index (κ1) is 15.2. The van der Waals surface area contributed by atoms with Gasteiger partial charge in [0.1, 0.15) is 5.82 Å². The van der Waals surface area contributed by atoms with Gasteiger partial charge in [-0.15, -0.1) is 0 Å². The van der Waals surface area contributed by atoms with Gasteiger partial charge >= 0.3 is 5.69 Å². The molecule has 1 aliphatic heterocycles. The molecule has 0 fully saturated rings. The van der Waals surface area contributed by atoms with E-state index in [2.05, 4.69) is 9.97 Å². The summed E-state index contributed by atoms with van der Waals surface area (Å²) in [5, 5.41) is 20.9. The third kappa shape index (κ3) is 2.93. The molecule has 0 radical (unpaired) electrons. The number of benzene rings is 1. The number of aromatic amines is 1. The molecule has 1 aromatic carbocycles. The van der Waals surface area contributed by atoms with Gasteiger partial charge in [0.25, 0.3) is 5.56 Å². The summed E-state index contributed by atoms with van der Waals surface area (Å²) >= 11 is 0. The number of fused-ring (bicyclic) bond motifs is 1. The highest BCUT2D eigenvalue weighted by atomic mass is 16.6. The van der Waals surface area contributed by atoms with Crippen molar-refractivity contribution in [2.75, 3.05) is 6.54 Å². The molecular weight excluding hydrogens is 300 g/mol. The van der Waals surface area contributed by atoms with Crippen molar-refractivity contribution < 1.29 is 10.0 Å². The van der Waals surface area contributed by atoms with Crippen LogP contribution in [0.4, 0.5) is 5.69 Å². The Balaban J connectivity index is 1.85. The smallest absolute Gasteiger partial charge is 0.311 e. The highest BCUT2D eigenvalue weighted by Gasteiger charge is 2.23. The topological polar surface area (TPSA) is 112 Å². The molecule has 2 heterocycles. The molecule has 3 rings (SSSR count). The number of aryl methyl sites for hydroxylation is 1. The zero-order valence-electron chi connectivity index (χ0n) is 12.6. The zero-order chi connectivity index (χ0) is 16.6. The van der Waals surface area contributed by atoms with E-state index in [1.54, 1.807) is 19.1 Å². The second-order valence-corrected chi connectivity index (χ2v) is 5.58. The van der Waals surface area contributed by atoms with Crippen LogP contribution in [0.2, 0.25) is 0 Å². The summed E-state index contributed by atoms with van der Waals surface area (Å²) in [6, 6.07) is 4.46. The van der Waals surface area contributed by atoms with Crippen LogP contribution in [-0.4, -0.2) is 31.4 Å². The summed E-state index contributed by atoms with van der Waals surface area (Å²) in [6.07, 6.45) is 0.635. The fourth-order valence-electron chi connectivity index (χ4n) is 2.83. The number of H-pyrrole nitrogens is 1. The largest absolute Gasteiger partial charge is 0.502 e. The summed E-state index contributed by atoms with van der Waals surface area (Å²) in [4.78, 5) is 31.3. The van der Waals surface area contributed by atoms with E-state index in [0.717, 1.165) is 5.69 Å². The normalized spacial score (nSPS) is 14.5. The van der Waals surface area contributed by atoms with Crippen LogP contribution in [0.3, 0.4) is 0 Å². The van der Waals surface area contributed by atoms with E-state index in [9.17, 15) is 20.0 Å². The Hall–Kier alpha value is -2.74. The van der Waals surface area contributed by atoms with E-state index in [4.69, 9.17) is 0 Å². The Morgan fingerprint density at radius 1 is 1.48 bits per heavy atom. The standard InChI is InChI=1S/C15H16N4O4/c1-9-16-12-5-6-18(8-11(12)15(21)17-9)7-10-3-2-4-13(14(10)20)19(22)23/h2-4,20H,5-8H2,1H3,(H,16,17,21). The quantitative estimate of drug-likeness (QED) is 0.651. The fourth-order valence-corrected chi connectivity index (χ4v) is 2.83. The van der Waals surface area contributed by atoms with Gasteiger partial charge < -0.3 is 10.1 Å².